The van der Waals surface area contributed by atoms with Gasteiger partial charge in [-0.1, -0.05) is 17.4 Å². The molecule has 0 aliphatic heterocycles. The SMILES string of the molecule is CC(C)n1cnnc1-c1cccc(NC(=O)c2cc3sc(NC4CC4)nc3cc2F)n1. The van der Waals surface area contributed by atoms with Gasteiger partial charge in [0, 0.05) is 18.2 Å². The van der Waals surface area contributed by atoms with Gasteiger partial charge in [0.2, 0.25) is 0 Å². The molecule has 0 atom stereocenters. The van der Waals surface area contributed by atoms with Crippen LogP contribution in [0.3, 0.4) is 0 Å². The van der Waals surface area contributed by atoms with Crippen LogP contribution < -0.4 is 10.6 Å². The number of rotatable bonds is 6. The molecule has 1 saturated carbocycles. The van der Waals surface area contributed by atoms with Crippen molar-refractivity contribution in [3.05, 3.63) is 48.0 Å². The Labute approximate surface area is 181 Å². The smallest absolute Gasteiger partial charge is 0.259 e. The zero-order valence-electron chi connectivity index (χ0n) is 17.0. The number of fused-ring (bicyclic) bond motifs is 1. The normalized spacial score (nSPS) is 13.7. The van der Waals surface area contributed by atoms with Gasteiger partial charge >= 0.3 is 0 Å². The molecule has 1 aromatic carbocycles. The molecule has 0 unspecified atom stereocenters. The highest BCUT2D eigenvalue weighted by Crippen LogP contribution is 2.32. The number of hydrogen-bond donors (Lipinski definition) is 2. The van der Waals surface area contributed by atoms with Crippen LogP contribution >= 0.6 is 11.3 Å². The summed E-state index contributed by atoms with van der Waals surface area (Å²) in [5, 5.41) is 14.8. The fourth-order valence-corrected chi connectivity index (χ4v) is 4.17. The van der Waals surface area contributed by atoms with E-state index < -0.39 is 11.7 Å². The Morgan fingerprint density at radius 3 is 2.87 bits per heavy atom. The summed E-state index contributed by atoms with van der Waals surface area (Å²) in [6.45, 7) is 4.03. The molecule has 31 heavy (non-hydrogen) atoms. The first-order valence-electron chi connectivity index (χ1n) is 10.0. The van der Waals surface area contributed by atoms with Gasteiger partial charge in [-0.3, -0.25) is 4.79 Å². The van der Waals surface area contributed by atoms with Gasteiger partial charge in [0.05, 0.1) is 15.8 Å². The highest BCUT2D eigenvalue weighted by molar-refractivity contribution is 7.22. The molecule has 8 nitrogen and oxygen atoms in total. The van der Waals surface area contributed by atoms with Crippen molar-refractivity contribution in [1.29, 1.82) is 0 Å². The summed E-state index contributed by atoms with van der Waals surface area (Å²) >= 11 is 1.41. The van der Waals surface area contributed by atoms with Crippen LogP contribution in [0.4, 0.5) is 15.3 Å². The first-order chi connectivity index (χ1) is 15.0. The molecule has 0 bridgehead atoms. The second-order valence-electron chi connectivity index (χ2n) is 7.76. The van der Waals surface area contributed by atoms with E-state index in [1.165, 1.54) is 23.5 Å². The standard InChI is InChI=1S/C21H20FN7OS/c1-11(2)29-10-23-28-19(29)15-4-3-5-18(25-15)27-20(30)13-8-17-16(9-14(13)22)26-21(31-17)24-12-6-7-12/h3-5,8-12H,6-7H2,1-2H3,(H,24,26)(H,25,27,30). The van der Waals surface area contributed by atoms with Gasteiger partial charge in [0.15, 0.2) is 11.0 Å². The summed E-state index contributed by atoms with van der Waals surface area (Å²) in [7, 11) is 0. The quantitative estimate of drug-likeness (QED) is 0.461. The summed E-state index contributed by atoms with van der Waals surface area (Å²) < 4.78 is 17.3. The summed E-state index contributed by atoms with van der Waals surface area (Å²) in [6, 6.07) is 8.64. The van der Waals surface area contributed by atoms with Gasteiger partial charge in [-0.05, 0) is 44.9 Å². The maximum atomic E-state index is 14.6. The molecular weight excluding hydrogens is 417 g/mol. The van der Waals surface area contributed by atoms with Gasteiger partial charge in [-0.25, -0.2) is 14.4 Å². The van der Waals surface area contributed by atoms with Crippen LogP contribution in [0.15, 0.2) is 36.7 Å². The molecule has 1 aliphatic carbocycles. The zero-order chi connectivity index (χ0) is 21.5. The minimum absolute atomic E-state index is 0.0494. The Morgan fingerprint density at radius 2 is 2.10 bits per heavy atom. The van der Waals surface area contributed by atoms with Crippen molar-refractivity contribution in [3.63, 3.8) is 0 Å². The Hall–Kier alpha value is -3.40. The molecule has 5 rings (SSSR count). The molecule has 0 spiro atoms. The zero-order valence-corrected chi connectivity index (χ0v) is 17.8. The summed E-state index contributed by atoms with van der Waals surface area (Å²) in [5.74, 6) is -0.289. The topological polar surface area (TPSA) is 97.6 Å². The predicted octanol–water partition coefficient (Wildman–Crippen LogP) is 4.50. The minimum Gasteiger partial charge on any atom is -0.359 e. The maximum Gasteiger partial charge on any atom is 0.259 e. The Morgan fingerprint density at radius 1 is 1.26 bits per heavy atom. The fraction of sp³-hybridized carbons (Fsp3) is 0.286. The van der Waals surface area contributed by atoms with Gasteiger partial charge in [0.25, 0.3) is 5.91 Å². The number of carbonyl (C=O) groups is 1. The van der Waals surface area contributed by atoms with Crippen molar-refractivity contribution in [2.45, 2.75) is 38.8 Å². The molecular formula is C21H20FN7OS. The molecule has 1 aliphatic rings. The molecule has 1 fully saturated rings. The molecule has 1 amide bonds. The number of aromatic nitrogens is 5. The van der Waals surface area contributed by atoms with E-state index in [2.05, 4.69) is 30.8 Å². The van der Waals surface area contributed by atoms with Crippen molar-refractivity contribution in [2.75, 3.05) is 10.6 Å². The van der Waals surface area contributed by atoms with E-state index in [9.17, 15) is 9.18 Å². The van der Waals surface area contributed by atoms with Crippen LogP contribution in [0.25, 0.3) is 21.7 Å². The minimum atomic E-state index is -0.621. The second-order valence-corrected chi connectivity index (χ2v) is 8.79. The van der Waals surface area contributed by atoms with E-state index in [0.29, 0.717) is 28.9 Å². The number of carbonyl (C=O) groups excluding carboxylic acids is 1. The molecule has 4 aromatic rings. The number of benzene rings is 1. The Bertz CT molecular complexity index is 1280. The van der Waals surface area contributed by atoms with Crippen molar-refractivity contribution < 1.29 is 9.18 Å². The number of thiazole rings is 1. The van der Waals surface area contributed by atoms with Crippen LogP contribution in [0.5, 0.6) is 0 Å². The van der Waals surface area contributed by atoms with Crippen molar-refractivity contribution in [2.24, 2.45) is 0 Å². The average molecular weight is 438 g/mol. The number of hydrogen-bond acceptors (Lipinski definition) is 7. The third-order valence-corrected chi connectivity index (χ3v) is 5.93. The monoisotopic (exact) mass is 437 g/mol. The van der Waals surface area contributed by atoms with E-state index >= 15 is 0 Å². The van der Waals surface area contributed by atoms with E-state index in [1.807, 2.05) is 18.4 Å². The second kappa shape index (κ2) is 7.69. The lowest BCUT2D eigenvalue weighted by molar-refractivity contribution is 0.102. The maximum absolute atomic E-state index is 14.6. The van der Waals surface area contributed by atoms with Crippen LogP contribution in [0.2, 0.25) is 0 Å². The number of nitrogens with one attached hydrogen (secondary N) is 2. The molecule has 0 saturated heterocycles. The van der Waals surface area contributed by atoms with Gasteiger partial charge < -0.3 is 15.2 Å². The van der Waals surface area contributed by atoms with Gasteiger partial charge in [-0.2, -0.15) is 0 Å². The first-order valence-corrected chi connectivity index (χ1v) is 10.8. The molecule has 3 aromatic heterocycles. The van der Waals surface area contributed by atoms with Crippen LogP contribution in [-0.4, -0.2) is 36.7 Å². The molecule has 3 heterocycles. The highest BCUT2D eigenvalue weighted by atomic mass is 32.1. The Balaban J connectivity index is 1.40. The Kier molecular flexibility index (Phi) is 4.85. The van der Waals surface area contributed by atoms with Crippen LogP contribution in [0.1, 0.15) is 43.1 Å². The summed E-state index contributed by atoms with van der Waals surface area (Å²) in [6.07, 6.45) is 3.88. The largest absolute Gasteiger partial charge is 0.359 e. The van der Waals surface area contributed by atoms with E-state index in [0.717, 1.165) is 22.7 Å². The predicted molar refractivity (Wildman–Crippen MR) is 118 cm³/mol. The van der Waals surface area contributed by atoms with E-state index in [4.69, 9.17) is 0 Å². The molecule has 10 heteroatoms. The number of nitrogens with zero attached hydrogens (tertiary/aromatic N) is 5. The van der Waals surface area contributed by atoms with Crippen molar-refractivity contribution in [1.82, 2.24) is 24.7 Å². The molecule has 0 radical (unpaired) electrons. The summed E-state index contributed by atoms with van der Waals surface area (Å²) in [5.41, 5.74) is 1.06. The third-order valence-electron chi connectivity index (χ3n) is 4.98. The summed E-state index contributed by atoms with van der Waals surface area (Å²) in [4.78, 5) is 21.7. The number of amides is 1. The van der Waals surface area contributed by atoms with Crippen molar-refractivity contribution in [3.8, 4) is 11.5 Å². The lowest BCUT2D eigenvalue weighted by Crippen LogP contribution is -2.15. The first kappa shape index (κ1) is 19.6. The van der Waals surface area contributed by atoms with E-state index in [-0.39, 0.29) is 11.6 Å². The average Bonchev–Trinajstić information content (AvgIpc) is 3.25. The van der Waals surface area contributed by atoms with Crippen molar-refractivity contribution >= 4 is 38.4 Å². The number of pyridine rings is 1. The number of anilines is 2. The lowest BCUT2D eigenvalue weighted by Gasteiger charge is -2.11. The molecule has 158 valence electrons. The van der Waals surface area contributed by atoms with Crippen LogP contribution in [0, 0.1) is 5.82 Å². The highest BCUT2D eigenvalue weighted by Gasteiger charge is 2.23. The third kappa shape index (κ3) is 3.98. The van der Waals surface area contributed by atoms with E-state index in [1.54, 1.807) is 24.5 Å². The molecule has 2 N–H and O–H groups in total. The fourth-order valence-electron chi connectivity index (χ4n) is 3.20. The van der Waals surface area contributed by atoms with Gasteiger partial charge in [-0.15, -0.1) is 10.2 Å². The van der Waals surface area contributed by atoms with Crippen LogP contribution in [-0.2, 0) is 0 Å². The lowest BCUT2D eigenvalue weighted by atomic mass is 10.2. The van der Waals surface area contributed by atoms with Gasteiger partial charge in [0.1, 0.15) is 23.7 Å². The number of halogens is 1.